The SMILES string of the molecule is O=C(COCC1CCCCN1)NC1CCCC1. The minimum Gasteiger partial charge on any atom is -0.370 e. The van der Waals surface area contributed by atoms with Gasteiger partial charge in [0.2, 0.25) is 5.91 Å². The predicted molar refractivity (Wildman–Crippen MR) is 66.9 cm³/mol. The van der Waals surface area contributed by atoms with Gasteiger partial charge in [0.25, 0.3) is 0 Å². The molecule has 1 aliphatic carbocycles. The van der Waals surface area contributed by atoms with Crippen LogP contribution in [0.15, 0.2) is 0 Å². The summed E-state index contributed by atoms with van der Waals surface area (Å²) >= 11 is 0. The first-order valence-corrected chi connectivity index (χ1v) is 6.95. The highest BCUT2D eigenvalue weighted by atomic mass is 16.5. The van der Waals surface area contributed by atoms with E-state index in [2.05, 4.69) is 10.6 Å². The van der Waals surface area contributed by atoms with Gasteiger partial charge in [-0.15, -0.1) is 0 Å². The molecule has 1 amide bonds. The Hall–Kier alpha value is -0.610. The molecular weight excluding hydrogens is 216 g/mol. The van der Waals surface area contributed by atoms with Crippen LogP contribution in [0.25, 0.3) is 0 Å². The zero-order valence-electron chi connectivity index (χ0n) is 10.5. The number of hydrogen-bond donors (Lipinski definition) is 2. The molecule has 4 heteroatoms. The Kier molecular flexibility index (Phi) is 5.26. The van der Waals surface area contributed by atoms with Crippen molar-refractivity contribution < 1.29 is 9.53 Å². The fraction of sp³-hybridized carbons (Fsp3) is 0.923. The van der Waals surface area contributed by atoms with E-state index in [-0.39, 0.29) is 12.5 Å². The normalized spacial score (nSPS) is 26.0. The van der Waals surface area contributed by atoms with Crippen LogP contribution in [0.4, 0.5) is 0 Å². The number of hydrogen-bond acceptors (Lipinski definition) is 3. The molecule has 1 atom stereocenters. The highest BCUT2D eigenvalue weighted by molar-refractivity contribution is 5.77. The maximum Gasteiger partial charge on any atom is 0.246 e. The van der Waals surface area contributed by atoms with Gasteiger partial charge < -0.3 is 15.4 Å². The topological polar surface area (TPSA) is 50.4 Å². The molecule has 0 aromatic rings. The van der Waals surface area contributed by atoms with Crippen LogP contribution >= 0.6 is 0 Å². The van der Waals surface area contributed by atoms with Gasteiger partial charge in [0.1, 0.15) is 6.61 Å². The van der Waals surface area contributed by atoms with E-state index in [1.54, 1.807) is 0 Å². The number of piperidine rings is 1. The van der Waals surface area contributed by atoms with Gasteiger partial charge in [0.15, 0.2) is 0 Å². The van der Waals surface area contributed by atoms with Crippen molar-refractivity contribution in [1.29, 1.82) is 0 Å². The number of rotatable bonds is 5. The molecule has 1 unspecified atom stereocenters. The first-order valence-electron chi connectivity index (χ1n) is 6.95. The van der Waals surface area contributed by atoms with Gasteiger partial charge in [0, 0.05) is 12.1 Å². The summed E-state index contributed by atoms with van der Waals surface area (Å²) < 4.78 is 5.47. The Labute approximate surface area is 103 Å². The molecule has 0 aromatic carbocycles. The highest BCUT2D eigenvalue weighted by Gasteiger charge is 2.17. The molecule has 2 rings (SSSR count). The van der Waals surface area contributed by atoms with Crippen molar-refractivity contribution in [3.63, 3.8) is 0 Å². The fourth-order valence-corrected chi connectivity index (χ4v) is 2.70. The first-order chi connectivity index (χ1) is 8.34. The molecule has 2 aliphatic rings. The molecule has 2 N–H and O–H groups in total. The lowest BCUT2D eigenvalue weighted by Crippen LogP contribution is -2.40. The third-order valence-electron chi connectivity index (χ3n) is 3.68. The molecule has 1 saturated carbocycles. The molecule has 0 bridgehead atoms. The molecule has 1 heterocycles. The van der Waals surface area contributed by atoms with E-state index < -0.39 is 0 Å². The van der Waals surface area contributed by atoms with Crippen LogP contribution in [0.3, 0.4) is 0 Å². The molecule has 0 radical (unpaired) electrons. The van der Waals surface area contributed by atoms with Gasteiger partial charge in [-0.25, -0.2) is 0 Å². The number of amides is 1. The molecule has 4 nitrogen and oxygen atoms in total. The Balaban J connectivity index is 1.53. The maximum absolute atomic E-state index is 11.6. The number of nitrogens with one attached hydrogen (secondary N) is 2. The number of carbonyl (C=O) groups excluding carboxylic acids is 1. The van der Waals surface area contributed by atoms with Crippen molar-refractivity contribution in [2.24, 2.45) is 0 Å². The summed E-state index contributed by atoms with van der Waals surface area (Å²) in [4.78, 5) is 11.6. The Morgan fingerprint density at radius 3 is 2.65 bits per heavy atom. The molecule has 1 saturated heterocycles. The van der Waals surface area contributed by atoms with Crippen LogP contribution < -0.4 is 10.6 Å². The van der Waals surface area contributed by atoms with Crippen molar-refractivity contribution in [2.45, 2.75) is 57.0 Å². The summed E-state index contributed by atoms with van der Waals surface area (Å²) in [5, 5.41) is 6.44. The molecule has 1 aliphatic heterocycles. The molecule has 2 fully saturated rings. The minimum absolute atomic E-state index is 0.0488. The maximum atomic E-state index is 11.6. The van der Waals surface area contributed by atoms with Crippen molar-refractivity contribution in [1.82, 2.24) is 10.6 Å². The molecule has 0 aromatic heterocycles. The summed E-state index contributed by atoms with van der Waals surface area (Å²) in [7, 11) is 0. The second kappa shape index (κ2) is 6.97. The molecule has 17 heavy (non-hydrogen) atoms. The van der Waals surface area contributed by atoms with Crippen molar-refractivity contribution in [2.75, 3.05) is 19.8 Å². The number of ether oxygens (including phenoxy) is 1. The third-order valence-corrected chi connectivity index (χ3v) is 3.68. The Morgan fingerprint density at radius 2 is 1.94 bits per heavy atom. The summed E-state index contributed by atoms with van der Waals surface area (Å²) in [5.41, 5.74) is 0. The summed E-state index contributed by atoms with van der Waals surface area (Å²) in [5.74, 6) is 0.0488. The van der Waals surface area contributed by atoms with E-state index >= 15 is 0 Å². The van der Waals surface area contributed by atoms with Crippen molar-refractivity contribution >= 4 is 5.91 Å². The van der Waals surface area contributed by atoms with Crippen LogP contribution in [0, 0.1) is 0 Å². The van der Waals surface area contributed by atoms with Gasteiger partial charge >= 0.3 is 0 Å². The monoisotopic (exact) mass is 240 g/mol. The minimum atomic E-state index is 0.0488. The fourth-order valence-electron chi connectivity index (χ4n) is 2.70. The zero-order valence-corrected chi connectivity index (χ0v) is 10.5. The van der Waals surface area contributed by atoms with Gasteiger partial charge in [-0.2, -0.15) is 0 Å². The molecule has 0 spiro atoms. The molecular formula is C13H24N2O2. The van der Waals surface area contributed by atoms with E-state index in [4.69, 9.17) is 4.74 Å². The number of carbonyl (C=O) groups is 1. The quantitative estimate of drug-likeness (QED) is 0.759. The standard InChI is InChI=1S/C13H24N2O2/c16-13(15-11-5-1-2-6-11)10-17-9-12-7-3-4-8-14-12/h11-12,14H,1-10H2,(H,15,16). The van der Waals surface area contributed by atoms with E-state index in [9.17, 15) is 4.79 Å². The predicted octanol–water partition coefficient (Wildman–Crippen LogP) is 1.20. The van der Waals surface area contributed by atoms with E-state index in [1.165, 1.54) is 32.1 Å². The van der Waals surface area contributed by atoms with E-state index in [0.717, 1.165) is 19.4 Å². The Morgan fingerprint density at radius 1 is 1.18 bits per heavy atom. The van der Waals surface area contributed by atoms with E-state index in [0.29, 0.717) is 18.7 Å². The summed E-state index contributed by atoms with van der Waals surface area (Å²) in [6.07, 6.45) is 8.47. The Bertz CT molecular complexity index is 234. The van der Waals surface area contributed by atoms with Crippen molar-refractivity contribution in [3.05, 3.63) is 0 Å². The largest absolute Gasteiger partial charge is 0.370 e. The third kappa shape index (κ3) is 4.64. The highest BCUT2D eigenvalue weighted by Crippen LogP contribution is 2.17. The van der Waals surface area contributed by atoms with E-state index in [1.807, 2.05) is 0 Å². The summed E-state index contributed by atoms with van der Waals surface area (Å²) in [6, 6.07) is 0.849. The smallest absolute Gasteiger partial charge is 0.246 e. The van der Waals surface area contributed by atoms with Crippen LogP contribution in [-0.4, -0.2) is 37.7 Å². The average Bonchev–Trinajstić information content (AvgIpc) is 2.83. The first kappa shape index (κ1) is 12.8. The van der Waals surface area contributed by atoms with Crippen LogP contribution in [0.2, 0.25) is 0 Å². The van der Waals surface area contributed by atoms with Crippen LogP contribution in [0.1, 0.15) is 44.9 Å². The van der Waals surface area contributed by atoms with Gasteiger partial charge in [-0.1, -0.05) is 19.3 Å². The van der Waals surface area contributed by atoms with Gasteiger partial charge in [-0.3, -0.25) is 4.79 Å². The van der Waals surface area contributed by atoms with Gasteiger partial charge in [0.05, 0.1) is 6.61 Å². The van der Waals surface area contributed by atoms with Crippen LogP contribution in [0.5, 0.6) is 0 Å². The lowest BCUT2D eigenvalue weighted by atomic mass is 10.1. The zero-order chi connectivity index (χ0) is 11.9. The van der Waals surface area contributed by atoms with Crippen LogP contribution in [-0.2, 0) is 9.53 Å². The average molecular weight is 240 g/mol. The molecule has 98 valence electrons. The second-order valence-corrected chi connectivity index (χ2v) is 5.21. The lowest BCUT2D eigenvalue weighted by molar-refractivity contribution is -0.126. The second-order valence-electron chi connectivity index (χ2n) is 5.21. The van der Waals surface area contributed by atoms with Crippen molar-refractivity contribution in [3.8, 4) is 0 Å². The lowest BCUT2D eigenvalue weighted by Gasteiger charge is -2.23. The van der Waals surface area contributed by atoms with Gasteiger partial charge in [-0.05, 0) is 32.2 Å². The summed E-state index contributed by atoms with van der Waals surface area (Å²) in [6.45, 7) is 1.97.